The van der Waals surface area contributed by atoms with Crippen molar-refractivity contribution in [2.75, 3.05) is 31.2 Å². The monoisotopic (exact) mass is 299 g/mol. The maximum atomic E-state index is 11.3. The van der Waals surface area contributed by atoms with E-state index in [-0.39, 0.29) is 17.4 Å². The number of carboxylic acids is 1. The molecule has 1 spiro atoms. The summed E-state index contributed by atoms with van der Waals surface area (Å²) in [6.45, 7) is 4.58. The molecule has 0 aliphatic carbocycles. The van der Waals surface area contributed by atoms with Crippen molar-refractivity contribution in [2.45, 2.75) is 44.2 Å². The largest absolute Gasteiger partial charge is 0.481 e. The molecule has 3 atom stereocenters. The zero-order valence-electron chi connectivity index (χ0n) is 12.2. The van der Waals surface area contributed by atoms with Gasteiger partial charge in [0.1, 0.15) is 0 Å². The maximum Gasteiger partial charge on any atom is 0.308 e. The van der Waals surface area contributed by atoms with Crippen molar-refractivity contribution in [1.82, 2.24) is 4.90 Å². The van der Waals surface area contributed by atoms with Gasteiger partial charge in [-0.2, -0.15) is 11.8 Å². The lowest BCUT2D eigenvalue weighted by atomic mass is 9.85. The van der Waals surface area contributed by atoms with E-state index in [0.717, 1.165) is 32.5 Å². The Kier molecular flexibility index (Phi) is 4.29. The van der Waals surface area contributed by atoms with Crippen molar-refractivity contribution in [3.63, 3.8) is 0 Å². The number of likely N-dealkylation sites (tertiary alicyclic amines) is 1. The molecule has 0 aromatic rings. The number of thioether (sulfide) groups is 1. The Bertz CT molecular complexity index is 365. The quantitative estimate of drug-likeness (QED) is 0.846. The van der Waals surface area contributed by atoms with E-state index >= 15 is 0 Å². The summed E-state index contributed by atoms with van der Waals surface area (Å²) in [6.07, 6.45) is 4.50. The molecule has 1 unspecified atom stereocenters. The standard InChI is InChI=1S/C15H25NO3S/c1-11-9-16(10-13(11)14(17)18)12-2-5-19-15(8-12)3-6-20-7-4-15/h11-13H,2-10H2,1H3,(H,17,18)/t11-,12?,13-/m1/s1. The Morgan fingerprint density at radius 2 is 2.10 bits per heavy atom. The third kappa shape index (κ3) is 2.85. The van der Waals surface area contributed by atoms with E-state index in [1.807, 2.05) is 11.8 Å². The molecule has 0 aromatic carbocycles. The van der Waals surface area contributed by atoms with Gasteiger partial charge in [-0.05, 0) is 43.1 Å². The highest BCUT2D eigenvalue weighted by molar-refractivity contribution is 7.99. The van der Waals surface area contributed by atoms with Gasteiger partial charge in [0.2, 0.25) is 0 Å². The lowest BCUT2D eigenvalue weighted by Crippen LogP contribution is -2.50. The third-order valence-corrected chi connectivity index (χ3v) is 6.33. The number of aliphatic carboxylic acids is 1. The average molecular weight is 299 g/mol. The van der Waals surface area contributed by atoms with Crippen LogP contribution in [0, 0.1) is 11.8 Å². The molecule has 3 aliphatic rings. The highest BCUT2D eigenvalue weighted by Crippen LogP contribution is 2.40. The number of carboxylic acid groups (broad SMARTS) is 1. The van der Waals surface area contributed by atoms with E-state index in [1.165, 1.54) is 24.3 Å². The van der Waals surface area contributed by atoms with E-state index in [4.69, 9.17) is 4.74 Å². The van der Waals surface area contributed by atoms with Gasteiger partial charge in [0.25, 0.3) is 0 Å². The summed E-state index contributed by atoms with van der Waals surface area (Å²) in [4.78, 5) is 13.7. The maximum absolute atomic E-state index is 11.3. The van der Waals surface area contributed by atoms with Crippen LogP contribution in [0.4, 0.5) is 0 Å². The number of ether oxygens (including phenoxy) is 1. The summed E-state index contributed by atoms with van der Waals surface area (Å²) in [5, 5.41) is 9.29. The van der Waals surface area contributed by atoms with Crippen LogP contribution < -0.4 is 0 Å². The first-order chi connectivity index (χ1) is 9.60. The lowest BCUT2D eigenvalue weighted by Gasteiger charge is -2.45. The predicted octanol–water partition coefficient (Wildman–Crippen LogP) is 2.08. The number of nitrogens with zero attached hydrogens (tertiary/aromatic N) is 1. The molecule has 3 rings (SSSR count). The fourth-order valence-corrected chi connectivity index (χ4v) is 5.27. The minimum atomic E-state index is -0.629. The number of hydrogen-bond donors (Lipinski definition) is 1. The Hall–Kier alpha value is -0.260. The summed E-state index contributed by atoms with van der Waals surface area (Å²) in [6, 6.07) is 0.527. The Balaban J connectivity index is 1.64. The summed E-state index contributed by atoms with van der Waals surface area (Å²) in [5.41, 5.74) is 0.0959. The van der Waals surface area contributed by atoms with E-state index in [9.17, 15) is 9.90 Å². The first-order valence-corrected chi connectivity index (χ1v) is 8.94. The fourth-order valence-electron chi connectivity index (χ4n) is 4.03. The Morgan fingerprint density at radius 3 is 2.75 bits per heavy atom. The fraction of sp³-hybridized carbons (Fsp3) is 0.933. The van der Waals surface area contributed by atoms with Crippen LogP contribution in [0.25, 0.3) is 0 Å². The third-order valence-electron chi connectivity index (χ3n) is 5.35. The molecular formula is C15H25NO3S. The highest BCUT2D eigenvalue weighted by Gasteiger charge is 2.44. The minimum absolute atomic E-state index is 0.0959. The molecule has 0 bridgehead atoms. The second-order valence-corrected chi connectivity index (χ2v) is 7.89. The van der Waals surface area contributed by atoms with E-state index in [2.05, 4.69) is 11.8 Å². The molecule has 5 heteroatoms. The smallest absolute Gasteiger partial charge is 0.308 e. The van der Waals surface area contributed by atoms with E-state index < -0.39 is 5.97 Å². The summed E-state index contributed by atoms with van der Waals surface area (Å²) in [5.74, 6) is 1.88. The van der Waals surface area contributed by atoms with E-state index in [1.54, 1.807) is 0 Å². The van der Waals surface area contributed by atoms with Gasteiger partial charge in [-0.15, -0.1) is 0 Å². The number of hydrogen-bond acceptors (Lipinski definition) is 4. The van der Waals surface area contributed by atoms with Crippen molar-refractivity contribution in [3.8, 4) is 0 Å². The zero-order valence-corrected chi connectivity index (χ0v) is 13.0. The normalized spacial score (nSPS) is 38.1. The van der Waals surface area contributed by atoms with Crippen LogP contribution in [0.5, 0.6) is 0 Å². The molecule has 0 aromatic heterocycles. The summed E-state index contributed by atoms with van der Waals surface area (Å²) in [7, 11) is 0. The molecular weight excluding hydrogens is 274 g/mol. The SMILES string of the molecule is C[C@@H]1CN(C2CCOC3(CCSCC3)C2)C[C@H]1C(=O)O. The summed E-state index contributed by atoms with van der Waals surface area (Å²) >= 11 is 2.03. The Labute approximate surface area is 125 Å². The lowest BCUT2D eigenvalue weighted by molar-refractivity contribution is -0.142. The van der Waals surface area contributed by atoms with Gasteiger partial charge in [-0.25, -0.2) is 0 Å². The molecule has 1 N–H and O–H groups in total. The van der Waals surface area contributed by atoms with Gasteiger partial charge in [-0.3, -0.25) is 9.69 Å². The van der Waals surface area contributed by atoms with Gasteiger partial charge in [0.15, 0.2) is 0 Å². The number of rotatable bonds is 2. The molecule has 0 radical (unpaired) electrons. The second kappa shape index (κ2) is 5.85. The van der Waals surface area contributed by atoms with Gasteiger partial charge >= 0.3 is 5.97 Å². The van der Waals surface area contributed by atoms with Crippen LogP contribution in [-0.2, 0) is 9.53 Å². The molecule has 3 saturated heterocycles. The van der Waals surface area contributed by atoms with Crippen LogP contribution in [-0.4, -0.2) is 58.8 Å². The topological polar surface area (TPSA) is 49.8 Å². The van der Waals surface area contributed by atoms with Crippen molar-refractivity contribution in [1.29, 1.82) is 0 Å². The van der Waals surface area contributed by atoms with Crippen LogP contribution >= 0.6 is 11.8 Å². The number of carbonyl (C=O) groups is 1. The molecule has 3 aliphatic heterocycles. The molecule has 4 nitrogen and oxygen atoms in total. The molecule has 0 amide bonds. The average Bonchev–Trinajstić information content (AvgIpc) is 2.82. The molecule has 20 heavy (non-hydrogen) atoms. The Morgan fingerprint density at radius 1 is 1.35 bits per heavy atom. The first kappa shape index (κ1) is 14.7. The van der Waals surface area contributed by atoms with Crippen LogP contribution in [0.3, 0.4) is 0 Å². The second-order valence-electron chi connectivity index (χ2n) is 6.67. The van der Waals surface area contributed by atoms with Crippen LogP contribution in [0.15, 0.2) is 0 Å². The zero-order chi connectivity index (χ0) is 14.2. The minimum Gasteiger partial charge on any atom is -0.481 e. The van der Waals surface area contributed by atoms with Gasteiger partial charge in [0, 0.05) is 25.7 Å². The highest BCUT2D eigenvalue weighted by atomic mass is 32.2. The first-order valence-electron chi connectivity index (χ1n) is 7.78. The predicted molar refractivity (Wildman–Crippen MR) is 80.1 cm³/mol. The van der Waals surface area contributed by atoms with Crippen molar-refractivity contribution in [2.24, 2.45) is 11.8 Å². The molecule has 3 heterocycles. The van der Waals surface area contributed by atoms with Crippen LogP contribution in [0.1, 0.15) is 32.6 Å². The van der Waals surface area contributed by atoms with Gasteiger partial charge in [0.05, 0.1) is 11.5 Å². The van der Waals surface area contributed by atoms with Crippen molar-refractivity contribution in [3.05, 3.63) is 0 Å². The van der Waals surface area contributed by atoms with Crippen molar-refractivity contribution < 1.29 is 14.6 Å². The van der Waals surface area contributed by atoms with E-state index in [0.29, 0.717) is 6.04 Å². The molecule has 0 saturated carbocycles. The van der Waals surface area contributed by atoms with Crippen LogP contribution in [0.2, 0.25) is 0 Å². The van der Waals surface area contributed by atoms with Crippen molar-refractivity contribution >= 4 is 17.7 Å². The van der Waals surface area contributed by atoms with Gasteiger partial charge in [-0.1, -0.05) is 6.92 Å². The molecule has 3 fully saturated rings. The summed E-state index contributed by atoms with van der Waals surface area (Å²) < 4.78 is 6.14. The van der Waals surface area contributed by atoms with Gasteiger partial charge < -0.3 is 9.84 Å². The molecule has 114 valence electrons.